The number of hydrogen-bond acceptors (Lipinski definition) is 4. The maximum atomic E-state index is 11.8. The molecule has 1 atom stereocenters. The summed E-state index contributed by atoms with van der Waals surface area (Å²) in [5.41, 5.74) is 1.75. The van der Waals surface area contributed by atoms with E-state index in [0.29, 0.717) is 12.6 Å². The molecule has 22 heavy (non-hydrogen) atoms. The van der Waals surface area contributed by atoms with Gasteiger partial charge in [0, 0.05) is 25.7 Å². The number of amides is 2. The number of para-hydroxylation sites is 2. The van der Waals surface area contributed by atoms with E-state index in [4.69, 9.17) is 4.42 Å². The van der Waals surface area contributed by atoms with E-state index >= 15 is 0 Å². The van der Waals surface area contributed by atoms with E-state index in [1.807, 2.05) is 29.2 Å². The molecule has 0 radical (unpaired) electrons. The lowest BCUT2D eigenvalue weighted by Crippen LogP contribution is -2.48. The maximum absolute atomic E-state index is 11.8. The molecule has 0 saturated carbocycles. The second kappa shape index (κ2) is 5.61. The highest BCUT2D eigenvalue weighted by atomic mass is 16.3. The minimum atomic E-state index is 0.0775. The number of likely N-dealkylation sites (tertiary alicyclic amines) is 1. The summed E-state index contributed by atoms with van der Waals surface area (Å²) < 4.78 is 5.81. The van der Waals surface area contributed by atoms with E-state index in [0.717, 1.165) is 56.0 Å². The van der Waals surface area contributed by atoms with E-state index in [-0.39, 0.29) is 6.03 Å². The van der Waals surface area contributed by atoms with Gasteiger partial charge >= 0.3 is 6.03 Å². The number of fused-ring (bicyclic) bond motifs is 1. The Morgan fingerprint density at radius 3 is 3.05 bits per heavy atom. The summed E-state index contributed by atoms with van der Waals surface area (Å²) in [4.78, 5) is 20.7. The second-order valence-electron chi connectivity index (χ2n) is 6.03. The van der Waals surface area contributed by atoms with Crippen LogP contribution < -0.4 is 5.32 Å². The van der Waals surface area contributed by atoms with Gasteiger partial charge in [0.2, 0.25) is 5.89 Å². The van der Waals surface area contributed by atoms with Crippen molar-refractivity contribution < 1.29 is 9.21 Å². The number of oxazole rings is 1. The molecule has 6 heteroatoms. The standard InChI is InChI=1S/C16H20N4O2/c21-16-17-7-9-20(16)12-4-3-8-19(10-12)11-15-18-13-5-1-2-6-14(13)22-15/h1-2,5-6,12H,3-4,7-11H2,(H,17,21)/t12-/m0/s1. The first kappa shape index (κ1) is 13.6. The summed E-state index contributed by atoms with van der Waals surface area (Å²) >= 11 is 0. The van der Waals surface area contributed by atoms with Crippen molar-refractivity contribution in [2.75, 3.05) is 26.2 Å². The Hall–Kier alpha value is -2.08. The highest BCUT2D eigenvalue weighted by Crippen LogP contribution is 2.21. The third kappa shape index (κ3) is 2.54. The average molecular weight is 300 g/mol. The number of carbonyl (C=O) groups is 1. The predicted octanol–water partition coefficient (Wildman–Crippen LogP) is 1.82. The van der Waals surface area contributed by atoms with Crippen molar-refractivity contribution in [1.82, 2.24) is 20.1 Å². The van der Waals surface area contributed by atoms with Gasteiger partial charge in [-0.25, -0.2) is 9.78 Å². The second-order valence-corrected chi connectivity index (χ2v) is 6.03. The Balaban J connectivity index is 1.45. The highest BCUT2D eigenvalue weighted by molar-refractivity contribution is 5.76. The molecule has 0 spiro atoms. The molecule has 0 bridgehead atoms. The molecule has 4 rings (SSSR count). The number of urea groups is 1. The topological polar surface area (TPSA) is 61.6 Å². The normalized spacial score (nSPS) is 23.2. The van der Waals surface area contributed by atoms with Gasteiger partial charge in [0.15, 0.2) is 5.58 Å². The van der Waals surface area contributed by atoms with Crippen LogP contribution in [0.4, 0.5) is 4.79 Å². The number of hydrogen-bond donors (Lipinski definition) is 1. The summed E-state index contributed by atoms with van der Waals surface area (Å²) in [5.74, 6) is 0.757. The maximum Gasteiger partial charge on any atom is 0.317 e. The van der Waals surface area contributed by atoms with Crippen LogP contribution in [0.5, 0.6) is 0 Å². The SMILES string of the molecule is O=C1NCCN1[C@H]1CCCN(Cc2nc3ccccc3o2)C1. The number of aromatic nitrogens is 1. The van der Waals surface area contributed by atoms with Crippen molar-refractivity contribution in [2.45, 2.75) is 25.4 Å². The Morgan fingerprint density at radius 2 is 2.23 bits per heavy atom. The van der Waals surface area contributed by atoms with Crippen LogP contribution >= 0.6 is 0 Å². The fourth-order valence-corrected chi connectivity index (χ4v) is 3.44. The third-order valence-corrected chi connectivity index (χ3v) is 4.51. The Labute approximate surface area is 129 Å². The van der Waals surface area contributed by atoms with Crippen LogP contribution in [-0.4, -0.2) is 53.0 Å². The fraction of sp³-hybridized carbons (Fsp3) is 0.500. The Bertz CT molecular complexity index is 651. The van der Waals surface area contributed by atoms with Crippen molar-refractivity contribution >= 4 is 17.1 Å². The van der Waals surface area contributed by atoms with Crippen LogP contribution in [0, 0.1) is 0 Å². The first-order valence-corrected chi connectivity index (χ1v) is 7.91. The van der Waals surface area contributed by atoms with Crippen LogP contribution in [0.2, 0.25) is 0 Å². The molecule has 3 heterocycles. The van der Waals surface area contributed by atoms with Gasteiger partial charge in [-0.2, -0.15) is 0 Å². The van der Waals surface area contributed by atoms with Crippen molar-refractivity contribution in [3.8, 4) is 0 Å². The number of piperidine rings is 1. The Kier molecular flexibility index (Phi) is 3.46. The van der Waals surface area contributed by atoms with Crippen LogP contribution in [0.25, 0.3) is 11.1 Å². The molecule has 1 aromatic carbocycles. The van der Waals surface area contributed by atoms with Gasteiger partial charge in [-0.1, -0.05) is 12.1 Å². The zero-order chi connectivity index (χ0) is 14.9. The number of nitrogens with zero attached hydrogens (tertiary/aromatic N) is 3. The summed E-state index contributed by atoms with van der Waals surface area (Å²) in [6, 6.07) is 8.22. The van der Waals surface area contributed by atoms with Crippen LogP contribution in [0.3, 0.4) is 0 Å². The van der Waals surface area contributed by atoms with Gasteiger partial charge in [-0.3, -0.25) is 4.90 Å². The average Bonchev–Trinajstić information content (AvgIpc) is 3.12. The highest BCUT2D eigenvalue weighted by Gasteiger charge is 2.31. The van der Waals surface area contributed by atoms with E-state index < -0.39 is 0 Å². The van der Waals surface area contributed by atoms with E-state index in [2.05, 4.69) is 15.2 Å². The quantitative estimate of drug-likeness (QED) is 0.939. The molecule has 0 aliphatic carbocycles. The van der Waals surface area contributed by atoms with E-state index in [1.165, 1.54) is 0 Å². The van der Waals surface area contributed by atoms with Crippen LogP contribution in [-0.2, 0) is 6.54 Å². The van der Waals surface area contributed by atoms with Gasteiger partial charge < -0.3 is 14.6 Å². The van der Waals surface area contributed by atoms with E-state index in [1.54, 1.807) is 0 Å². The minimum absolute atomic E-state index is 0.0775. The van der Waals surface area contributed by atoms with Crippen LogP contribution in [0.15, 0.2) is 28.7 Å². The molecule has 2 aliphatic heterocycles. The molecule has 2 aliphatic rings. The number of rotatable bonds is 3. The first-order chi connectivity index (χ1) is 10.8. The smallest absolute Gasteiger partial charge is 0.317 e. The predicted molar refractivity (Wildman–Crippen MR) is 82.4 cm³/mol. The zero-order valence-corrected chi connectivity index (χ0v) is 12.5. The molecule has 2 aromatic rings. The van der Waals surface area contributed by atoms with Crippen molar-refractivity contribution in [3.63, 3.8) is 0 Å². The molecule has 0 unspecified atom stereocenters. The summed E-state index contributed by atoms with van der Waals surface area (Å²) in [5, 5.41) is 2.89. The summed E-state index contributed by atoms with van der Waals surface area (Å²) in [6.45, 7) is 4.22. The zero-order valence-electron chi connectivity index (χ0n) is 12.5. The number of nitrogens with one attached hydrogen (secondary N) is 1. The Morgan fingerprint density at radius 1 is 1.32 bits per heavy atom. The van der Waals surface area contributed by atoms with Crippen LogP contribution in [0.1, 0.15) is 18.7 Å². The minimum Gasteiger partial charge on any atom is -0.439 e. The van der Waals surface area contributed by atoms with Gasteiger partial charge in [-0.05, 0) is 31.5 Å². The van der Waals surface area contributed by atoms with Gasteiger partial charge in [0.25, 0.3) is 0 Å². The molecule has 2 saturated heterocycles. The monoisotopic (exact) mass is 300 g/mol. The van der Waals surface area contributed by atoms with Gasteiger partial charge in [0.05, 0.1) is 6.54 Å². The van der Waals surface area contributed by atoms with Crippen molar-refractivity contribution in [2.24, 2.45) is 0 Å². The number of benzene rings is 1. The largest absolute Gasteiger partial charge is 0.439 e. The summed E-state index contributed by atoms with van der Waals surface area (Å²) in [7, 11) is 0. The van der Waals surface area contributed by atoms with E-state index in [9.17, 15) is 4.79 Å². The first-order valence-electron chi connectivity index (χ1n) is 7.91. The lowest BCUT2D eigenvalue weighted by molar-refractivity contribution is 0.116. The molecule has 2 fully saturated rings. The van der Waals surface area contributed by atoms with Gasteiger partial charge in [0.1, 0.15) is 5.52 Å². The molecule has 1 N–H and O–H groups in total. The molecular formula is C16H20N4O2. The molecule has 1 aromatic heterocycles. The number of carbonyl (C=O) groups excluding carboxylic acids is 1. The van der Waals surface area contributed by atoms with Gasteiger partial charge in [-0.15, -0.1) is 0 Å². The lowest BCUT2D eigenvalue weighted by atomic mass is 10.0. The molecule has 2 amide bonds. The van der Waals surface area contributed by atoms with Crippen molar-refractivity contribution in [3.05, 3.63) is 30.2 Å². The molecular weight excluding hydrogens is 280 g/mol. The molecule has 6 nitrogen and oxygen atoms in total. The molecule has 116 valence electrons. The fourth-order valence-electron chi connectivity index (χ4n) is 3.44. The lowest BCUT2D eigenvalue weighted by Gasteiger charge is -2.36. The summed E-state index contributed by atoms with van der Waals surface area (Å²) in [6.07, 6.45) is 2.19. The third-order valence-electron chi connectivity index (χ3n) is 4.51. The van der Waals surface area contributed by atoms with Crippen molar-refractivity contribution in [1.29, 1.82) is 0 Å².